The zero-order chi connectivity index (χ0) is 13.5. The number of hydrogen-bond acceptors (Lipinski definition) is 5. The van der Waals surface area contributed by atoms with Crippen LogP contribution >= 0.6 is 0 Å². The molecule has 0 aromatic carbocycles. The second-order valence-electron chi connectivity index (χ2n) is 3.43. The third kappa shape index (κ3) is 3.85. The van der Waals surface area contributed by atoms with Crippen molar-refractivity contribution in [1.29, 1.82) is 0 Å². The Hall–Kier alpha value is -2.44. The molecule has 1 N–H and O–H groups in total. The number of aryl methyl sites for hydroxylation is 1. The van der Waals surface area contributed by atoms with Gasteiger partial charge in [0.2, 0.25) is 0 Å². The average molecular weight is 252 g/mol. The molecule has 96 valence electrons. The van der Waals surface area contributed by atoms with Gasteiger partial charge in [0, 0.05) is 17.8 Å². The van der Waals surface area contributed by atoms with Crippen molar-refractivity contribution in [3.63, 3.8) is 0 Å². The molecule has 18 heavy (non-hydrogen) atoms. The van der Waals surface area contributed by atoms with Crippen molar-refractivity contribution in [2.75, 3.05) is 6.61 Å². The summed E-state index contributed by atoms with van der Waals surface area (Å²) >= 11 is 0. The molecule has 1 rings (SSSR count). The molecule has 7 heteroatoms. The van der Waals surface area contributed by atoms with Crippen molar-refractivity contribution in [2.24, 2.45) is 0 Å². The maximum absolute atomic E-state index is 11.3. The zero-order valence-corrected chi connectivity index (χ0v) is 9.71. The molecule has 0 aliphatic heterocycles. The van der Waals surface area contributed by atoms with E-state index in [4.69, 9.17) is 4.74 Å². The van der Waals surface area contributed by atoms with E-state index in [9.17, 15) is 19.2 Å². The number of nitrogens with zero attached hydrogens (tertiary/aromatic N) is 1. The van der Waals surface area contributed by atoms with Crippen LogP contribution in [0.3, 0.4) is 0 Å². The van der Waals surface area contributed by atoms with E-state index in [2.05, 4.69) is 4.98 Å². The van der Waals surface area contributed by atoms with E-state index in [0.717, 1.165) is 12.2 Å². The van der Waals surface area contributed by atoms with Crippen molar-refractivity contribution >= 4 is 12.3 Å². The van der Waals surface area contributed by atoms with Crippen LogP contribution in [0, 0.1) is 6.92 Å². The molecule has 1 aromatic rings. The van der Waals surface area contributed by atoms with Gasteiger partial charge < -0.3 is 4.74 Å². The fraction of sp³-hybridized carbons (Fsp3) is 0.273. The highest BCUT2D eigenvalue weighted by Gasteiger charge is 2.02. The minimum Gasteiger partial charge on any atom is -0.461 e. The Kier molecular flexibility index (Phi) is 4.79. The first-order chi connectivity index (χ1) is 8.54. The number of aromatic nitrogens is 2. The number of H-pyrrole nitrogens is 1. The van der Waals surface area contributed by atoms with Gasteiger partial charge in [0.1, 0.15) is 12.9 Å². The van der Waals surface area contributed by atoms with E-state index in [1.54, 1.807) is 6.92 Å². The number of ether oxygens (including phenoxy) is 1. The lowest BCUT2D eigenvalue weighted by atomic mass is 10.4. The van der Waals surface area contributed by atoms with E-state index in [1.807, 2.05) is 0 Å². The summed E-state index contributed by atoms with van der Waals surface area (Å²) < 4.78 is 5.97. The highest BCUT2D eigenvalue weighted by Crippen LogP contribution is 1.87. The lowest BCUT2D eigenvalue weighted by Gasteiger charge is -2.05. The van der Waals surface area contributed by atoms with Crippen molar-refractivity contribution in [2.45, 2.75) is 13.5 Å². The van der Waals surface area contributed by atoms with Gasteiger partial charge in [-0.05, 0) is 13.0 Å². The Labute approximate surface area is 102 Å². The van der Waals surface area contributed by atoms with Crippen LogP contribution in [0.25, 0.3) is 0 Å². The second-order valence-corrected chi connectivity index (χ2v) is 3.43. The summed E-state index contributed by atoms with van der Waals surface area (Å²) in [4.78, 5) is 45.5. The van der Waals surface area contributed by atoms with E-state index in [1.165, 1.54) is 10.8 Å². The van der Waals surface area contributed by atoms with E-state index < -0.39 is 17.2 Å². The minimum atomic E-state index is -0.670. The van der Waals surface area contributed by atoms with E-state index in [-0.39, 0.29) is 13.2 Å². The van der Waals surface area contributed by atoms with Gasteiger partial charge in [-0.3, -0.25) is 19.1 Å². The molecule has 0 unspecified atom stereocenters. The van der Waals surface area contributed by atoms with Gasteiger partial charge >= 0.3 is 11.7 Å². The number of allylic oxidation sites excluding steroid dienone is 1. The fourth-order valence-electron chi connectivity index (χ4n) is 1.20. The van der Waals surface area contributed by atoms with Gasteiger partial charge in [0.15, 0.2) is 0 Å². The Balaban J connectivity index is 2.60. The Morgan fingerprint density at radius 2 is 2.22 bits per heavy atom. The molecule has 0 radical (unpaired) electrons. The summed E-state index contributed by atoms with van der Waals surface area (Å²) in [5, 5.41) is 0. The predicted octanol–water partition coefficient (Wildman–Crippen LogP) is -0.857. The summed E-state index contributed by atoms with van der Waals surface area (Å²) in [6, 6.07) is 0. The van der Waals surface area contributed by atoms with Crippen LogP contribution in [-0.2, 0) is 20.9 Å². The molecular formula is C11H12N2O5. The molecule has 0 saturated heterocycles. The summed E-state index contributed by atoms with van der Waals surface area (Å²) in [6.07, 6.45) is 3.83. The molecule has 0 fully saturated rings. The monoisotopic (exact) mass is 252 g/mol. The minimum absolute atomic E-state index is 0.0343. The predicted molar refractivity (Wildman–Crippen MR) is 62.2 cm³/mol. The average Bonchev–Trinajstić information content (AvgIpc) is 2.33. The molecule has 0 aliphatic rings. The first-order valence-electron chi connectivity index (χ1n) is 5.13. The van der Waals surface area contributed by atoms with Crippen LogP contribution in [0.2, 0.25) is 0 Å². The SMILES string of the molecule is Cc1cn(CCOC(=O)/C=C/C=O)c(=O)[nH]c1=O. The molecule has 0 atom stereocenters. The number of aromatic amines is 1. The highest BCUT2D eigenvalue weighted by atomic mass is 16.5. The molecule has 0 bridgehead atoms. The standard InChI is InChI=1S/C11H12N2O5/c1-8-7-13(11(17)12-10(8)16)4-6-18-9(15)3-2-5-14/h2-3,5,7H,4,6H2,1H3,(H,12,16,17)/b3-2+. The summed E-state index contributed by atoms with van der Waals surface area (Å²) in [7, 11) is 0. The maximum atomic E-state index is 11.3. The van der Waals surface area contributed by atoms with Gasteiger partial charge in [0.25, 0.3) is 5.56 Å². The highest BCUT2D eigenvalue weighted by molar-refractivity contribution is 5.86. The summed E-state index contributed by atoms with van der Waals surface area (Å²) in [5.74, 6) is -0.670. The van der Waals surface area contributed by atoms with E-state index in [0.29, 0.717) is 11.8 Å². The molecular weight excluding hydrogens is 240 g/mol. The first kappa shape index (κ1) is 13.6. The van der Waals surface area contributed by atoms with Crippen molar-refractivity contribution in [3.8, 4) is 0 Å². The van der Waals surface area contributed by atoms with Crippen LogP contribution in [0.5, 0.6) is 0 Å². The Morgan fingerprint density at radius 3 is 2.89 bits per heavy atom. The Bertz CT molecular complexity index is 582. The van der Waals surface area contributed by atoms with Crippen LogP contribution in [0.4, 0.5) is 0 Å². The number of nitrogens with one attached hydrogen (secondary N) is 1. The molecule has 0 aliphatic carbocycles. The number of aldehydes is 1. The van der Waals surface area contributed by atoms with Gasteiger partial charge in [0.05, 0.1) is 6.54 Å². The second kappa shape index (κ2) is 6.33. The number of carbonyl (C=O) groups is 2. The maximum Gasteiger partial charge on any atom is 0.330 e. The smallest absolute Gasteiger partial charge is 0.330 e. The van der Waals surface area contributed by atoms with Gasteiger partial charge in [-0.15, -0.1) is 0 Å². The molecule has 1 aromatic heterocycles. The summed E-state index contributed by atoms with van der Waals surface area (Å²) in [5.41, 5.74) is -0.617. The molecule has 0 saturated carbocycles. The third-order valence-corrected chi connectivity index (χ3v) is 2.08. The van der Waals surface area contributed by atoms with Crippen molar-refractivity contribution < 1.29 is 14.3 Å². The molecule has 1 heterocycles. The Morgan fingerprint density at radius 1 is 1.50 bits per heavy atom. The van der Waals surface area contributed by atoms with Gasteiger partial charge in [-0.2, -0.15) is 0 Å². The lowest BCUT2D eigenvalue weighted by Crippen LogP contribution is -2.32. The van der Waals surface area contributed by atoms with Crippen LogP contribution in [0.1, 0.15) is 5.56 Å². The van der Waals surface area contributed by atoms with E-state index >= 15 is 0 Å². The topological polar surface area (TPSA) is 98.2 Å². The lowest BCUT2D eigenvalue weighted by molar-refractivity contribution is -0.138. The van der Waals surface area contributed by atoms with Crippen LogP contribution < -0.4 is 11.2 Å². The molecule has 7 nitrogen and oxygen atoms in total. The number of rotatable bonds is 5. The quantitative estimate of drug-likeness (QED) is 0.418. The fourth-order valence-corrected chi connectivity index (χ4v) is 1.20. The number of esters is 1. The summed E-state index contributed by atoms with van der Waals surface area (Å²) in [6.45, 7) is 1.65. The van der Waals surface area contributed by atoms with Gasteiger partial charge in [-0.1, -0.05) is 0 Å². The van der Waals surface area contributed by atoms with Gasteiger partial charge in [-0.25, -0.2) is 9.59 Å². The number of hydrogen-bond donors (Lipinski definition) is 1. The largest absolute Gasteiger partial charge is 0.461 e. The molecule has 0 amide bonds. The van der Waals surface area contributed by atoms with Crippen LogP contribution in [0.15, 0.2) is 27.9 Å². The number of carbonyl (C=O) groups excluding carboxylic acids is 2. The third-order valence-electron chi connectivity index (χ3n) is 2.08. The van der Waals surface area contributed by atoms with Crippen molar-refractivity contribution in [3.05, 3.63) is 44.8 Å². The molecule has 0 spiro atoms. The zero-order valence-electron chi connectivity index (χ0n) is 9.71. The normalized spacial score (nSPS) is 10.5. The van der Waals surface area contributed by atoms with Crippen LogP contribution in [-0.4, -0.2) is 28.4 Å². The first-order valence-corrected chi connectivity index (χ1v) is 5.13. The van der Waals surface area contributed by atoms with Crippen molar-refractivity contribution in [1.82, 2.24) is 9.55 Å².